The van der Waals surface area contributed by atoms with Crippen LogP contribution in [0.5, 0.6) is 5.75 Å². The monoisotopic (exact) mass is 377 g/mol. The molecule has 1 saturated carbocycles. The summed E-state index contributed by atoms with van der Waals surface area (Å²) in [6.07, 6.45) is -1.84. The summed E-state index contributed by atoms with van der Waals surface area (Å²) >= 11 is 0. The minimum atomic E-state index is -4.43. The van der Waals surface area contributed by atoms with Crippen molar-refractivity contribution in [2.75, 3.05) is 6.61 Å². The molecule has 0 N–H and O–H groups in total. The van der Waals surface area contributed by atoms with E-state index < -0.39 is 27.0 Å². The van der Waals surface area contributed by atoms with E-state index in [1.165, 1.54) is 12.1 Å². The summed E-state index contributed by atoms with van der Waals surface area (Å²) in [4.78, 5) is 0. The highest BCUT2D eigenvalue weighted by atomic mass is 32.2. The van der Waals surface area contributed by atoms with Gasteiger partial charge in [0.1, 0.15) is 12.4 Å². The Balaban J connectivity index is 1.76. The minimum Gasteiger partial charge on any atom is -0.492 e. The summed E-state index contributed by atoms with van der Waals surface area (Å²) < 4.78 is 70.8. The van der Waals surface area contributed by atoms with Crippen LogP contribution in [0.25, 0.3) is 0 Å². The van der Waals surface area contributed by atoms with E-state index in [2.05, 4.69) is 0 Å². The SMILES string of the molecule is CC(C)S(=O)(=O)N1C2CCC(C2)[C@H]1COc1cccc(C(F)(F)F)c1. The van der Waals surface area contributed by atoms with Crippen LogP contribution in [0.2, 0.25) is 0 Å². The van der Waals surface area contributed by atoms with Gasteiger partial charge in [-0.2, -0.15) is 17.5 Å². The van der Waals surface area contributed by atoms with E-state index in [9.17, 15) is 21.6 Å². The maximum atomic E-state index is 12.8. The molecule has 0 spiro atoms. The number of piperidine rings is 1. The molecule has 140 valence electrons. The molecule has 8 heteroatoms. The Kier molecular flexibility index (Phi) is 4.79. The average Bonchev–Trinajstić information content (AvgIpc) is 3.13. The van der Waals surface area contributed by atoms with E-state index in [0.717, 1.165) is 31.4 Å². The summed E-state index contributed by atoms with van der Waals surface area (Å²) in [6, 6.07) is 4.38. The van der Waals surface area contributed by atoms with Crippen LogP contribution in [0, 0.1) is 5.92 Å². The van der Waals surface area contributed by atoms with E-state index in [1.54, 1.807) is 18.2 Å². The smallest absolute Gasteiger partial charge is 0.416 e. The van der Waals surface area contributed by atoms with Crippen LogP contribution in [0.1, 0.15) is 38.7 Å². The molecule has 4 nitrogen and oxygen atoms in total. The molecule has 3 rings (SSSR count). The molecular weight excluding hydrogens is 355 g/mol. The summed E-state index contributed by atoms with van der Waals surface area (Å²) in [7, 11) is -3.42. The molecule has 2 fully saturated rings. The number of alkyl halides is 3. The zero-order chi connectivity index (χ0) is 18.4. The van der Waals surface area contributed by atoms with Gasteiger partial charge in [0, 0.05) is 6.04 Å². The fraction of sp³-hybridized carbons (Fsp3) is 0.647. The molecule has 2 aliphatic rings. The van der Waals surface area contributed by atoms with Crippen molar-refractivity contribution in [2.24, 2.45) is 5.92 Å². The summed E-state index contributed by atoms with van der Waals surface area (Å²) in [6.45, 7) is 3.37. The number of hydrogen-bond donors (Lipinski definition) is 0. The maximum Gasteiger partial charge on any atom is 0.416 e. The van der Waals surface area contributed by atoms with Gasteiger partial charge in [0.05, 0.1) is 16.9 Å². The van der Waals surface area contributed by atoms with Gasteiger partial charge in [-0.3, -0.25) is 0 Å². The molecule has 0 radical (unpaired) electrons. The highest BCUT2D eigenvalue weighted by molar-refractivity contribution is 7.89. The molecule has 1 aromatic rings. The molecule has 1 aromatic carbocycles. The Bertz CT molecular complexity index is 733. The molecule has 1 aliphatic heterocycles. The van der Waals surface area contributed by atoms with E-state index in [0.29, 0.717) is 0 Å². The first-order valence-electron chi connectivity index (χ1n) is 8.43. The van der Waals surface area contributed by atoms with Crippen molar-refractivity contribution < 1.29 is 26.3 Å². The van der Waals surface area contributed by atoms with Gasteiger partial charge in [-0.25, -0.2) is 8.42 Å². The number of halogens is 3. The Labute approximate surface area is 146 Å². The van der Waals surface area contributed by atoms with Crippen LogP contribution in [0.15, 0.2) is 24.3 Å². The molecule has 0 aromatic heterocycles. The van der Waals surface area contributed by atoms with Crippen molar-refractivity contribution in [3.8, 4) is 5.75 Å². The van der Waals surface area contributed by atoms with Crippen molar-refractivity contribution in [3.05, 3.63) is 29.8 Å². The number of rotatable bonds is 5. The summed E-state index contributed by atoms with van der Waals surface area (Å²) in [5.74, 6) is 0.323. The third kappa shape index (κ3) is 3.51. The van der Waals surface area contributed by atoms with Crippen molar-refractivity contribution in [2.45, 2.75) is 56.6 Å². The zero-order valence-corrected chi connectivity index (χ0v) is 15.0. The molecule has 25 heavy (non-hydrogen) atoms. The van der Waals surface area contributed by atoms with Gasteiger partial charge in [0.15, 0.2) is 0 Å². The second-order valence-electron chi connectivity index (χ2n) is 7.05. The van der Waals surface area contributed by atoms with Crippen molar-refractivity contribution in [3.63, 3.8) is 0 Å². The Morgan fingerprint density at radius 1 is 1.28 bits per heavy atom. The number of ether oxygens (including phenoxy) is 1. The largest absolute Gasteiger partial charge is 0.492 e. The standard InChI is InChI=1S/C17H22F3NO3S/c1-11(2)25(22,23)21-14-7-6-12(8-14)16(21)10-24-15-5-3-4-13(9-15)17(18,19)20/h3-5,9,11-12,14,16H,6-8,10H2,1-2H3/t12?,14?,16-/m1/s1. The first-order valence-corrected chi connectivity index (χ1v) is 9.93. The average molecular weight is 377 g/mol. The van der Waals surface area contributed by atoms with Crippen molar-refractivity contribution in [1.29, 1.82) is 0 Å². The third-order valence-corrected chi connectivity index (χ3v) is 7.50. The first-order chi connectivity index (χ1) is 11.6. The van der Waals surface area contributed by atoms with Gasteiger partial charge in [-0.1, -0.05) is 6.07 Å². The lowest BCUT2D eigenvalue weighted by Crippen LogP contribution is -2.50. The van der Waals surface area contributed by atoms with E-state index in [4.69, 9.17) is 4.74 Å². The molecule has 2 bridgehead atoms. The van der Waals surface area contributed by atoms with E-state index >= 15 is 0 Å². The second kappa shape index (κ2) is 6.46. The van der Waals surface area contributed by atoms with Crippen LogP contribution < -0.4 is 4.74 Å². The molecule has 2 unspecified atom stereocenters. The summed E-state index contributed by atoms with van der Waals surface area (Å²) in [5.41, 5.74) is -0.774. The van der Waals surface area contributed by atoms with Gasteiger partial charge in [0.25, 0.3) is 0 Å². The fourth-order valence-corrected chi connectivity index (χ4v) is 5.55. The summed E-state index contributed by atoms with van der Waals surface area (Å²) in [5, 5.41) is -0.525. The molecule has 0 amide bonds. The molecule has 1 saturated heterocycles. The topological polar surface area (TPSA) is 46.6 Å². The van der Waals surface area contributed by atoms with Gasteiger partial charge >= 0.3 is 6.18 Å². The minimum absolute atomic E-state index is 0.00694. The van der Waals surface area contributed by atoms with Crippen LogP contribution in [-0.2, 0) is 16.2 Å². The van der Waals surface area contributed by atoms with Gasteiger partial charge in [0.2, 0.25) is 10.0 Å². The number of benzene rings is 1. The van der Waals surface area contributed by atoms with Crippen molar-refractivity contribution in [1.82, 2.24) is 4.31 Å². The van der Waals surface area contributed by atoms with Gasteiger partial charge in [-0.05, 0) is 57.2 Å². The number of fused-ring (bicyclic) bond motifs is 2. The first kappa shape index (κ1) is 18.5. The number of sulfonamides is 1. The number of hydrogen-bond acceptors (Lipinski definition) is 3. The quantitative estimate of drug-likeness (QED) is 0.787. The van der Waals surface area contributed by atoms with E-state index in [1.807, 2.05) is 0 Å². The van der Waals surface area contributed by atoms with E-state index in [-0.39, 0.29) is 30.4 Å². The highest BCUT2D eigenvalue weighted by Crippen LogP contribution is 2.45. The van der Waals surface area contributed by atoms with Gasteiger partial charge < -0.3 is 4.74 Å². The predicted octanol–water partition coefficient (Wildman–Crippen LogP) is 3.68. The Hall–Kier alpha value is -1.28. The fourth-order valence-electron chi connectivity index (χ4n) is 3.84. The van der Waals surface area contributed by atoms with Crippen LogP contribution in [-0.4, -0.2) is 36.7 Å². The second-order valence-corrected chi connectivity index (χ2v) is 9.45. The lowest BCUT2D eigenvalue weighted by molar-refractivity contribution is -0.137. The highest BCUT2D eigenvalue weighted by Gasteiger charge is 2.51. The maximum absolute atomic E-state index is 12.8. The third-order valence-electron chi connectivity index (χ3n) is 5.15. The Morgan fingerprint density at radius 3 is 2.64 bits per heavy atom. The lowest BCUT2D eigenvalue weighted by Gasteiger charge is -2.35. The number of nitrogens with zero attached hydrogens (tertiary/aromatic N) is 1. The molecule has 3 atom stereocenters. The lowest BCUT2D eigenvalue weighted by atomic mass is 10.0. The molecule has 1 heterocycles. The van der Waals surface area contributed by atoms with Gasteiger partial charge in [-0.15, -0.1) is 0 Å². The van der Waals surface area contributed by atoms with Crippen LogP contribution in [0.3, 0.4) is 0 Å². The van der Waals surface area contributed by atoms with Crippen molar-refractivity contribution >= 4 is 10.0 Å². The predicted molar refractivity (Wildman–Crippen MR) is 87.8 cm³/mol. The Morgan fingerprint density at radius 2 is 2.00 bits per heavy atom. The molecular formula is C17H22F3NO3S. The molecule has 1 aliphatic carbocycles. The van der Waals surface area contributed by atoms with Crippen LogP contribution >= 0.6 is 0 Å². The zero-order valence-electron chi connectivity index (χ0n) is 14.2. The van der Waals surface area contributed by atoms with Crippen LogP contribution in [0.4, 0.5) is 13.2 Å². The normalized spacial score (nSPS) is 27.2.